The minimum atomic E-state index is -3.48. The van der Waals surface area contributed by atoms with Crippen LogP contribution in [0.4, 0.5) is 8.78 Å². The monoisotopic (exact) mass is 218 g/mol. The van der Waals surface area contributed by atoms with Crippen molar-refractivity contribution in [1.82, 2.24) is 0 Å². The summed E-state index contributed by atoms with van der Waals surface area (Å²) < 4.78 is 25.7. The first kappa shape index (κ1) is 11.1. The van der Waals surface area contributed by atoms with Crippen molar-refractivity contribution in [2.24, 2.45) is 0 Å². The van der Waals surface area contributed by atoms with Crippen LogP contribution >= 0.6 is 11.6 Å². The Morgan fingerprint density at radius 3 is 2.29 bits per heavy atom. The molecule has 1 aromatic rings. The van der Waals surface area contributed by atoms with Gasteiger partial charge in [-0.3, -0.25) is 4.79 Å². The van der Waals surface area contributed by atoms with E-state index in [-0.39, 0.29) is 0 Å². The minimum absolute atomic E-state index is 0.398. The van der Waals surface area contributed by atoms with Crippen LogP contribution in [-0.4, -0.2) is 11.2 Å². The van der Waals surface area contributed by atoms with Crippen LogP contribution in [0.5, 0.6) is 0 Å². The fraction of sp³-hybridized carbons (Fsp3) is 0.300. The smallest absolute Gasteiger partial charge is 0.274 e. The highest BCUT2D eigenvalue weighted by molar-refractivity contribution is 6.65. The molecular weight excluding hydrogens is 210 g/mol. The molecule has 4 heteroatoms. The highest BCUT2D eigenvalue weighted by atomic mass is 35.5. The van der Waals surface area contributed by atoms with Crippen molar-refractivity contribution in [2.45, 2.75) is 19.3 Å². The molecule has 0 aliphatic carbocycles. The number of halogens is 3. The summed E-state index contributed by atoms with van der Waals surface area (Å²) in [5.41, 5.74) is 1.38. The zero-order valence-corrected chi connectivity index (χ0v) is 8.31. The Morgan fingerprint density at radius 1 is 1.36 bits per heavy atom. The van der Waals surface area contributed by atoms with Crippen molar-refractivity contribution in [3.8, 4) is 0 Å². The van der Waals surface area contributed by atoms with E-state index in [0.29, 0.717) is 5.56 Å². The van der Waals surface area contributed by atoms with Crippen LogP contribution in [0.15, 0.2) is 24.3 Å². The molecule has 0 N–H and O–H groups in total. The van der Waals surface area contributed by atoms with Gasteiger partial charge in [0, 0.05) is 6.42 Å². The number of hydrogen-bond donors (Lipinski definition) is 0. The zero-order valence-electron chi connectivity index (χ0n) is 7.56. The number of hydrogen-bond acceptors (Lipinski definition) is 1. The predicted octanol–water partition coefficient (Wildman–Crippen LogP) is 2.94. The first-order valence-corrected chi connectivity index (χ1v) is 4.43. The fourth-order valence-electron chi connectivity index (χ4n) is 1.03. The van der Waals surface area contributed by atoms with Gasteiger partial charge in [-0.15, -0.1) is 0 Å². The Morgan fingerprint density at radius 2 is 1.86 bits per heavy atom. The molecule has 0 bridgehead atoms. The number of aryl methyl sites for hydroxylation is 1. The van der Waals surface area contributed by atoms with Gasteiger partial charge in [-0.25, -0.2) is 0 Å². The van der Waals surface area contributed by atoms with Crippen LogP contribution in [0, 0.1) is 6.92 Å². The van der Waals surface area contributed by atoms with Crippen LogP contribution in [0.1, 0.15) is 11.1 Å². The number of alkyl halides is 2. The van der Waals surface area contributed by atoms with Crippen LogP contribution in [0.25, 0.3) is 0 Å². The number of carbonyl (C=O) groups excluding carboxylic acids is 1. The van der Waals surface area contributed by atoms with Gasteiger partial charge >= 0.3 is 5.92 Å². The average molecular weight is 219 g/mol. The van der Waals surface area contributed by atoms with Crippen molar-refractivity contribution in [3.05, 3.63) is 35.4 Å². The van der Waals surface area contributed by atoms with E-state index in [1.54, 1.807) is 24.3 Å². The van der Waals surface area contributed by atoms with Gasteiger partial charge in [0.25, 0.3) is 5.24 Å². The molecule has 0 heterocycles. The molecule has 0 amide bonds. The quantitative estimate of drug-likeness (QED) is 0.713. The van der Waals surface area contributed by atoms with Crippen LogP contribution in [-0.2, 0) is 11.2 Å². The topological polar surface area (TPSA) is 17.1 Å². The summed E-state index contributed by atoms with van der Waals surface area (Å²) in [6.45, 7) is 1.86. The average Bonchev–Trinajstić information content (AvgIpc) is 2.08. The molecule has 1 rings (SSSR count). The van der Waals surface area contributed by atoms with Crippen molar-refractivity contribution >= 4 is 16.8 Å². The van der Waals surface area contributed by atoms with Gasteiger partial charge in [0.05, 0.1) is 0 Å². The lowest BCUT2D eigenvalue weighted by atomic mass is 10.1. The van der Waals surface area contributed by atoms with Gasteiger partial charge in [0.15, 0.2) is 0 Å². The van der Waals surface area contributed by atoms with E-state index < -0.39 is 17.6 Å². The van der Waals surface area contributed by atoms with Crippen LogP contribution < -0.4 is 0 Å². The lowest BCUT2D eigenvalue weighted by molar-refractivity contribution is -0.133. The third-order valence-electron chi connectivity index (χ3n) is 1.83. The maximum absolute atomic E-state index is 12.9. The maximum atomic E-state index is 12.9. The Hall–Kier alpha value is -0.960. The summed E-state index contributed by atoms with van der Waals surface area (Å²) in [5, 5.41) is -1.61. The Kier molecular flexibility index (Phi) is 3.21. The van der Waals surface area contributed by atoms with Gasteiger partial charge in [-0.1, -0.05) is 29.8 Å². The third-order valence-corrected chi connectivity index (χ3v) is 2.11. The Balaban J connectivity index is 2.79. The van der Waals surface area contributed by atoms with E-state index >= 15 is 0 Å². The second-order valence-corrected chi connectivity index (χ2v) is 3.48. The SMILES string of the molecule is Cc1ccc(CC(F)(F)C(=O)Cl)cc1. The molecule has 0 aliphatic rings. The molecule has 0 saturated heterocycles. The van der Waals surface area contributed by atoms with E-state index in [0.717, 1.165) is 5.56 Å². The fourth-order valence-corrected chi connectivity index (χ4v) is 1.10. The molecule has 0 aliphatic heterocycles. The highest BCUT2D eigenvalue weighted by Crippen LogP contribution is 2.22. The summed E-state index contributed by atoms with van der Waals surface area (Å²) in [7, 11) is 0. The molecule has 0 unspecified atom stereocenters. The van der Waals surface area contributed by atoms with E-state index in [4.69, 9.17) is 11.6 Å². The zero-order chi connectivity index (χ0) is 10.8. The highest BCUT2D eigenvalue weighted by Gasteiger charge is 2.37. The summed E-state index contributed by atoms with van der Waals surface area (Å²) in [6, 6.07) is 6.54. The number of carbonyl (C=O) groups is 1. The molecule has 0 radical (unpaired) electrons. The third kappa shape index (κ3) is 2.77. The van der Waals surface area contributed by atoms with Gasteiger partial charge in [0.2, 0.25) is 0 Å². The van der Waals surface area contributed by atoms with Gasteiger partial charge < -0.3 is 0 Å². The van der Waals surface area contributed by atoms with Crippen molar-refractivity contribution in [2.75, 3.05) is 0 Å². The molecule has 1 aromatic carbocycles. The largest absolute Gasteiger partial charge is 0.324 e. The Labute approximate surface area is 85.7 Å². The molecule has 76 valence electrons. The lowest BCUT2D eigenvalue weighted by Gasteiger charge is -2.10. The summed E-state index contributed by atoms with van der Waals surface area (Å²) in [6.07, 6.45) is -0.643. The first-order chi connectivity index (χ1) is 6.42. The van der Waals surface area contributed by atoms with E-state index in [2.05, 4.69) is 0 Å². The van der Waals surface area contributed by atoms with E-state index in [1.165, 1.54) is 0 Å². The van der Waals surface area contributed by atoms with Crippen molar-refractivity contribution in [3.63, 3.8) is 0 Å². The van der Waals surface area contributed by atoms with Crippen molar-refractivity contribution in [1.29, 1.82) is 0 Å². The van der Waals surface area contributed by atoms with Crippen LogP contribution in [0.2, 0.25) is 0 Å². The molecule has 0 atom stereocenters. The summed E-state index contributed by atoms with van der Waals surface area (Å²) in [4.78, 5) is 10.4. The Bertz CT molecular complexity index is 332. The molecule has 0 spiro atoms. The summed E-state index contributed by atoms with van der Waals surface area (Å²) >= 11 is 4.76. The summed E-state index contributed by atoms with van der Waals surface area (Å²) in [5.74, 6) is -3.48. The maximum Gasteiger partial charge on any atom is 0.324 e. The molecular formula is C10H9ClF2O. The molecule has 1 nitrogen and oxygen atoms in total. The van der Waals surface area contributed by atoms with Gasteiger partial charge in [0.1, 0.15) is 0 Å². The second-order valence-electron chi connectivity index (χ2n) is 3.14. The van der Waals surface area contributed by atoms with E-state index in [9.17, 15) is 13.6 Å². The van der Waals surface area contributed by atoms with E-state index in [1.807, 2.05) is 6.92 Å². The normalized spacial score (nSPS) is 11.4. The lowest BCUT2D eigenvalue weighted by Crippen LogP contribution is -2.26. The molecule has 14 heavy (non-hydrogen) atoms. The first-order valence-electron chi connectivity index (χ1n) is 4.05. The predicted molar refractivity (Wildman–Crippen MR) is 50.7 cm³/mol. The minimum Gasteiger partial charge on any atom is -0.274 e. The standard InChI is InChI=1S/C10H9ClF2O/c1-7-2-4-8(5-3-7)6-10(12,13)9(11)14/h2-5H,6H2,1H3. The van der Waals surface area contributed by atoms with Gasteiger partial charge in [-0.2, -0.15) is 8.78 Å². The molecule has 0 aromatic heterocycles. The second kappa shape index (κ2) is 4.05. The van der Waals surface area contributed by atoms with Crippen LogP contribution in [0.3, 0.4) is 0 Å². The number of rotatable bonds is 3. The molecule has 0 saturated carbocycles. The number of benzene rings is 1. The van der Waals surface area contributed by atoms with Gasteiger partial charge in [-0.05, 0) is 24.1 Å². The molecule has 0 fully saturated rings. The van der Waals surface area contributed by atoms with Crippen molar-refractivity contribution < 1.29 is 13.6 Å².